The van der Waals surface area contributed by atoms with E-state index < -0.39 is 6.10 Å². The monoisotopic (exact) mass is 294 g/mol. The maximum Gasteiger partial charge on any atom is 0.134 e. The second-order valence-electron chi connectivity index (χ2n) is 4.04. The Balaban J connectivity index is 2.40. The molecule has 17 heavy (non-hydrogen) atoms. The predicted molar refractivity (Wildman–Crippen MR) is 71.8 cm³/mol. The summed E-state index contributed by atoms with van der Waals surface area (Å²) >= 11 is 3.50. The van der Waals surface area contributed by atoms with E-state index in [2.05, 4.69) is 15.9 Å². The maximum atomic E-state index is 9.71. The van der Waals surface area contributed by atoms with Crippen molar-refractivity contribution in [2.75, 3.05) is 0 Å². The molecule has 0 aliphatic carbocycles. The van der Waals surface area contributed by atoms with E-state index in [1.165, 1.54) is 0 Å². The summed E-state index contributed by atoms with van der Waals surface area (Å²) in [5.41, 5.74) is 2.19. The van der Waals surface area contributed by atoms with Gasteiger partial charge in [-0.1, -0.05) is 35.0 Å². The van der Waals surface area contributed by atoms with Gasteiger partial charge in [-0.15, -0.1) is 0 Å². The lowest BCUT2D eigenvalue weighted by atomic mass is 10.1. The minimum atomic E-state index is -0.517. The number of furan rings is 1. The molecule has 0 aliphatic heterocycles. The summed E-state index contributed by atoms with van der Waals surface area (Å²) in [6.07, 6.45) is 0.140. The smallest absolute Gasteiger partial charge is 0.134 e. The van der Waals surface area contributed by atoms with Crippen molar-refractivity contribution in [3.05, 3.63) is 46.1 Å². The SMILES string of the molecule is CCC(O)c1ccc(-c2cccc(Br)c2C)o1. The number of hydrogen-bond donors (Lipinski definition) is 1. The van der Waals surface area contributed by atoms with Gasteiger partial charge in [0, 0.05) is 10.0 Å². The molecule has 0 amide bonds. The van der Waals surface area contributed by atoms with Crippen molar-refractivity contribution in [3.63, 3.8) is 0 Å². The van der Waals surface area contributed by atoms with Crippen molar-refractivity contribution in [3.8, 4) is 11.3 Å². The van der Waals surface area contributed by atoms with Crippen LogP contribution in [-0.4, -0.2) is 5.11 Å². The normalized spacial score (nSPS) is 12.7. The summed E-state index contributed by atoms with van der Waals surface area (Å²) in [5, 5.41) is 9.71. The molecule has 2 aromatic rings. The van der Waals surface area contributed by atoms with Gasteiger partial charge >= 0.3 is 0 Å². The summed E-state index contributed by atoms with van der Waals surface area (Å²) in [4.78, 5) is 0. The molecule has 3 heteroatoms. The van der Waals surface area contributed by atoms with Crippen LogP contribution >= 0.6 is 15.9 Å². The van der Waals surface area contributed by atoms with Crippen LogP contribution in [-0.2, 0) is 0 Å². The lowest BCUT2D eigenvalue weighted by Crippen LogP contribution is -1.91. The molecule has 0 spiro atoms. The van der Waals surface area contributed by atoms with Gasteiger partial charge in [-0.25, -0.2) is 0 Å². The highest BCUT2D eigenvalue weighted by Gasteiger charge is 2.13. The molecule has 1 aromatic carbocycles. The van der Waals surface area contributed by atoms with Gasteiger partial charge in [0.25, 0.3) is 0 Å². The molecule has 0 radical (unpaired) electrons. The minimum absolute atomic E-state index is 0.517. The van der Waals surface area contributed by atoms with Crippen LogP contribution in [0.25, 0.3) is 11.3 Å². The Labute approximate surface area is 109 Å². The summed E-state index contributed by atoms with van der Waals surface area (Å²) in [6.45, 7) is 3.97. The lowest BCUT2D eigenvalue weighted by molar-refractivity contribution is 0.147. The first-order chi connectivity index (χ1) is 8.13. The number of rotatable bonds is 3. The number of aliphatic hydroxyl groups excluding tert-OH is 1. The first-order valence-electron chi connectivity index (χ1n) is 5.66. The second-order valence-corrected chi connectivity index (χ2v) is 4.89. The molecule has 1 heterocycles. The van der Waals surface area contributed by atoms with Crippen molar-refractivity contribution in [1.82, 2.24) is 0 Å². The van der Waals surface area contributed by atoms with Crippen LogP contribution < -0.4 is 0 Å². The molecule has 0 aliphatic rings. The van der Waals surface area contributed by atoms with E-state index in [-0.39, 0.29) is 0 Å². The molecule has 1 unspecified atom stereocenters. The Hall–Kier alpha value is -1.06. The highest BCUT2D eigenvalue weighted by Crippen LogP contribution is 2.31. The first-order valence-corrected chi connectivity index (χ1v) is 6.46. The molecule has 90 valence electrons. The van der Waals surface area contributed by atoms with Crippen molar-refractivity contribution in [2.24, 2.45) is 0 Å². The Morgan fingerprint density at radius 1 is 1.29 bits per heavy atom. The molecule has 2 rings (SSSR count). The van der Waals surface area contributed by atoms with E-state index in [0.717, 1.165) is 21.4 Å². The zero-order chi connectivity index (χ0) is 12.4. The molecule has 1 N–H and O–H groups in total. The van der Waals surface area contributed by atoms with Gasteiger partial charge in [0.15, 0.2) is 0 Å². The topological polar surface area (TPSA) is 33.4 Å². The van der Waals surface area contributed by atoms with Crippen LogP contribution in [0.1, 0.15) is 30.8 Å². The van der Waals surface area contributed by atoms with Crippen LogP contribution in [0.3, 0.4) is 0 Å². The lowest BCUT2D eigenvalue weighted by Gasteiger charge is -2.06. The van der Waals surface area contributed by atoms with E-state index in [1.54, 1.807) is 0 Å². The molecule has 0 fully saturated rings. The third kappa shape index (κ3) is 2.45. The predicted octanol–water partition coefficient (Wildman–Crippen LogP) is 4.46. The fourth-order valence-corrected chi connectivity index (χ4v) is 2.12. The number of hydrogen-bond acceptors (Lipinski definition) is 2. The van der Waals surface area contributed by atoms with E-state index in [1.807, 2.05) is 44.2 Å². The Morgan fingerprint density at radius 2 is 2.06 bits per heavy atom. The van der Waals surface area contributed by atoms with Crippen LogP contribution in [0.2, 0.25) is 0 Å². The fraction of sp³-hybridized carbons (Fsp3) is 0.286. The summed E-state index contributed by atoms with van der Waals surface area (Å²) in [6, 6.07) is 9.74. The van der Waals surface area contributed by atoms with E-state index >= 15 is 0 Å². The largest absolute Gasteiger partial charge is 0.458 e. The number of halogens is 1. The summed E-state index contributed by atoms with van der Waals surface area (Å²) < 4.78 is 6.75. The molecule has 1 aromatic heterocycles. The molecule has 1 atom stereocenters. The Morgan fingerprint density at radius 3 is 2.76 bits per heavy atom. The highest BCUT2D eigenvalue weighted by atomic mass is 79.9. The van der Waals surface area contributed by atoms with Gasteiger partial charge in [0.1, 0.15) is 17.6 Å². The Kier molecular flexibility index (Phi) is 3.69. The van der Waals surface area contributed by atoms with Crippen molar-refractivity contribution in [2.45, 2.75) is 26.4 Å². The molecule has 2 nitrogen and oxygen atoms in total. The van der Waals surface area contributed by atoms with Crippen LogP contribution in [0.15, 0.2) is 39.2 Å². The van der Waals surface area contributed by atoms with Crippen molar-refractivity contribution >= 4 is 15.9 Å². The second kappa shape index (κ2) is 5.07. The number of aliphatic hydroxyl groups is 1. The summed E-state index contributed by atoms with van der Waals surface area (Å²) in [7, 11) is 0. The maximum absolute atomic E-state index is 9.71. The molecular formula is C14H15BrO2. The zero-order valence-electron chi connectivity index (χ0n) is 9.90. The van der Waals surface area contributed by atoms with Crippen LogP contribution in [0.4, 0.5) is 0 Å². The van der Waals surface area contributed by atoms with Gasteiger partial charge in [-0.3, -0.25) is 0 Å². The van der Waals surface area contributed by atoms with Crippen molar-refractivity contribution < 1.29 is 9.52 Å². The standard InChI is InChI=1S/C14H15BrO2/c1-3-12(16)14-8-7-13(17-14)10-5-4-6-11(15)9(10)2/h4-8,12,16H,3H2,1-2H3. The average molecular weight is 295 g/mol. The molecular weight excluding hydrogens is 280 g/mol. The van der Waals surface area contributed by atoms with Gasteiger partial charge < -0.3 is 9.52 Å². The van der Waals surface area contributed by atoms with Gasteiger partial charge in [-0.2, -0.15) is 0 Å². The average Bonchev–Trinajstić information content (AvgIpc) is 2.81. The number of benzene rings is 1. The van der Waals surface area contributed by atoms with Crippen LogP contribution in [0.5, 0.6) is 0 Å². The first kappa shape index (κ1) is 12.4. The van der Waals surface area contributed by atoms with E-state index in [0.29, 0.717) is 12.2 Å². The quantitative estimate of drug-likeness (QED) is 0.906. The summed E-state index contributed by atoms with van der Waals surface area (Å²) in [5.74, 6) is 1.42. The zero-order valence-corrected chi connectivity index (χ0v) is 11.5. The van der Waals surface area contributed by atoms with Gasteiger partial charge in [-0.05, 0) is 37.1 Å². The fourth-order valence-electron chi connectivity index (χ4n) is 1.75. The van der Waals surface area contributed by atoms with E-state index in [4.69, 9.17) is 4.42 Å². The van der Waals surface area contributed by atoms with Crippen molar-refractivity contribution in [1.29, 1.82) is 0 Å². The Bertz CT molecular complexity index is 517. The third-order valence-electron chi connectivity index (χ3n) is 2.88. The third-order valence-corrected chi connectivity index (χ3v) is 3.73. The van der Waals surface area contributed by atoms with Gasteiger partial charge in [0.2, 0.25) is 0 Å². The molecule has 0 bridgehead atoms. The van der Waals surface area contributed by atoms with Gasteiger partial charge in [0.05, 0.1) is 0 Å². The minimum Gasteiger partial charge on any atom is -0.458 e. The van der Waals surface area contributed by atoms with Crippen LogP contribution in [0, 0.1) is 6.92 Å². The highest BCUT2D eigenvalue weighted by molar-refractivity contribution is 9.10. The van der Waals surface area contributed by atoms with E-state index in [9.17, 15) is 5.11 Å². The molecule has 0 saturated carbocycles. The molecule has 0 saturated heterocycles.